The number of amides is 1. The van der Waals surface area contributed by atoms with Gasteiger partial charge in [0.15, 0.2) is 12.4 Å². The minimum absolute atomic E-state index is 0.0128. The number of hydrogen-bond acceptors (Lipinski definition) is 7. The first-order valence-electron chi connectivity index (χ1n) is 11.7. The fourth-order valence-electron chi connectivity index (χ4n) is 3.98. The molecular weight excluding hydrogens is 448 g/mol. The summed E-state index contributed by atoms with van der Waals surface area (Å²) in [5, 5.41) is 12.1. The van der Waals surface area contributed by atoms with Gasteiger partial charge in [0.1, 0.15) is 0 Å². The molecule has 1 fully saturated rings. The Bertz CT molecular complexity index is 1010. The summed E-state index contributed by atoms with van der Waals surface area (Å²) in [5.41, 5.74) is 3.15. The maximum Gasteiger partial charge on any atom is 0.303 e. The lowest BCUT2D eigenvalue weighted by molar-refractivity contribution is -0.252. The maximum atomic E-state index is 12.4. The van der Waals surface area contributed by atoms with Gasteiger partial charge in [-0.1, -0.05) is 42.5 Å². The zero-order chi connectivity index (χ0) is 25.4. The molecule has 2 N–H and O–H groups in total. The Hall–Kier alpha value is -3.04. The van der Waals surface area contributed by atoms with Gasteiger partial charge in [-0.05, 0) is 37.2 Å². The number of hydrogen-bond donors (Lipinski definition) is 2. The van der Waals surface area contributed by atoms with Crippen LogP contribution in [0.5, 0.6) is 0 Å². The lowest BCUT2D eigenvalue weighted by Gasteiger charge is -2.37. The number of aliphatic hydroxyl groups excluding tert-OH is 1. The van der Waals surface area contributed by atoms with Crippen molar-refractivity contribution in [1.82, 2.24) is 4.90 Å². The van der Waals surface area contributed by atoms with Gasteiger partial charge in [-0.15, -0.1) is 6.58 Å². The van der Waals surface area contributed by atoms with Crippen LogP contribution in [-0.4, -0.2) is 54.2 Å². The van der Waals surface area contributed by atoms with E-state index in [2.05, 4.69) is 16.8 Å². The van der Waals surface area contributed by atoms with Crippen molar-refractivity contribution in [2.24, 2.45) is 0 Å². The molecule has 4 atom stereocenters. The minimum atomic E-state index is -0.908. The molecule has 1 amide bonds. The van der Waals surface area contributed by atoms with Gasteiger partial charge in [-0.3, -0.25) is 9.59 Å². The summed E-state index contributed by atoms with van der Waals surface area (Å²) >= 11 is 0. The highest BCUT2D eigenvalue weighted by Gasteiger charge is 2.33. The van der Waals surface area contributed by atoms with E-state index in [1.807, 2.05) is 49.5 Å². The van der Waals surface area contributed by atoms with Gasteiger partial charge in [0, 0.05) is 37.7 Å². The Kier molecular flexibility index (Phi) is 9.56. The van der Waals surface area contributed by atoms with Crippen molar-refractivity contribution >= 4 is 17.6 Å². The largest absolute Gasteiger partial charge is 0.453 e. The molecule has 0 saturated carbocycles. The number of ether oxygens (including phenoxy) is 3. The minimum Gasteiger partial charge on any atom is -0.453 e. The van der Waals surface area contributed by atoms with Crippen LogP contribution < -0.4 is 5.32 Å². The van der Waals surface area contributed by atoms with Crippen molar-refractivity contribution in [2.75, 3.05) is 25.5 Å². The molecule has 1 saturated heterocycles. The summed E-state index contributed by atoms with van der Waals surface area (Å²) in [6.07, 6.45) is 0.678. The lowest BCUT2D eigenvalue weighted by Crippen LogP contribution is -2.37. The first kappa shape index (κ1) is 26.6. The molecule has 0 spiro atoms. The molecule has 0 unspecified atom stereocenters. The van der Waals surface area contributed by atoms with Crippen LogP contribution >= 0.6 is 0 Å². The molecule has 188 valence electrons. The summed E-state index contributed by atoms with van der Waals surface area (Å²) in [6, 6.07) is 15.0. The number of esters is 1. The van der Waals surface area contributed by atoms with Crippen molar-refractivity contribution in [1.29, 1.82) is 0 Å². The number of aliphatic hydroxyl groups is 1. The highest BCUT2D eigenvalue weighted by molar-refractivity contribution is 5.95. The number of nitrogens with one attached hydrogen (secondary N) is 1. The van der Waals surface area contributed by atoms with Gasteiger partial charge >= 0.3 is 5.97 Å². The number of benzene rings is 2. The van der Waals surface area contributed by atoms with Crippen molar-refractivity contribution < 1.29 is 28.9 Å². The second kappa shape index (κ2) is 12.6. The normalized spacial score (nSPS) is 20.8. The predicted octanol–water partition coefficient (Wildman–Crippen LogP) is 3.73. The SMILES string of the molecule is C=CCN(C)C[C@H]1C[C@@H](c2ccc(CO)cc2)O[C@@H](c2cccc(NC(=O)[C@H](C)OC(C)=O)c2)O1. The molecule has 1 heterocycles. The van der Waals surface area contributed by atoms with Crippen LogP contribution in [0, 0.1) is 0 Å². The third kappa shape index (κ3) is 7.73. The summed E-state index contributed by atoms with van der Waals surface area (Å²) in [6.45, 7) is 8.02. The van der Waals surface area contributed by atoms with E-state index in [0.29, 0.717) is 18.7 Å². The van der Waals surface area contributed by atoms with Crippen LogP contribution in [0.4, 0.5) is 5.69 Å². The Balaban J connectivity index is 1.80. The van der Waals surface area contributed by atoms with Crippen LogP contribution in [0.15, 0.2) is 61.2 Å². The number of carbonyl (C=O) groups excluding carboxylic acids is 2. The number of anilines is 1. The number of carbonyl (C=O) groups is 2. The maximum absolute atomic E-state index is 12.4. The van der Waals surface area contributed by atoms with E-state index in [9.17, 15) is 14.7 Å². The van der Waals surface area contributed by atoms with Crippen molar-refractivity contribution in [3.63, 3.8) is 0 Å². The van der Waals surface area contributed by atoms with Gasteiger partial charge in [0.05, 0.1) is 18.8 Å². The van der Waals surface area contributed by atoms with Crippen LogP contribution in [0.2, 0.25) is 0 Å². The van der Waals surface area contributed by atoms with E-state index in [1.54, 1.807) is 12.1 Å². The molecule has 1 aliphatic rings. The van der Waals surface area contributed by atoms with Gasteiger partial charge < -0.3 is 29.5 Å². The topological polar surface area (TPSA) is 97.3 Å². The summed E-state index contributed by atoms with van der Waals surface area (Å²) in [7, 11) is 2.01. The third-order valence-electron chi connectivity index (χ3n) is 5.71. The van der Waals surface area contributed by atoms with Crippen LogP contribution in [0.25, 0.3) is 0 Å². The molecule has 8 nitrogen and oxygen atoms in total. The molecule has 0 bridgehead atoms. The second-order valence-electron chi connectivity index (χ2n) is 8.73. The van der Waals surface area contributed by atoms with E-state index in [0.717, 1.165) is 23.2 Å². The van der Waals surface area contributed by atoms with Gasteiger partial charge in [0.2, 0.25) is 0 Å². The molecule has 8 heteroatoms. The Morgan fingerprint density at radius 3 is 2.63 bits per heavy atom. The lowest BCUT2D eigenvalue weighted by atomic mass is 9.99. The monoisotopic (exact) mass is 482 g/mol. The molecule has 2 aromatic carbocycles. The first-order chi connectivity index (χ1) is 16.8. The molecule has 2 aromatic rings. The van der Waals surface area contributed by atoms with Crippen molar-refractivity contribution in [2.45, 2.75) is 51.5 Å². The zero-order valence-electron chi connectivity index (χ0n) is 20.5. The van der Waals surface area contributed by atoms with E-state index >= 15 is 0 Å². The van der Waals surface area contributed by atoms with E-state index < -0.39 is 24.3 Å². The Morgan fingerprint density at radius 2 is 1.97 bits per heavy atom. The van der Waals surface area contributed by atoms with E-state index in [1.165, 1.54) is 13.8 Å². The average molecular weight is 483 g/mol. The molecular formula is C27H34N2O6. The number of nitrogens with zero attached hydrogens (tertiary/aromatic N) is 1. The second-order valence-corrected chi connectivity index (χ2v) is 8.73. The summed E-state index contributed by atoms with van der Waals surface area (Å²) in [4.78, 5) is 25.7. The highest BCUT2D eigenvalue weighted by atomic mass is 16.7. The molecule has 0 aliphatic carbocycles. The van der Waals surface area contributed by atoms with Gasteiger partial charge in [-0.2, -0.15) is 0 Å². The van der Waals surface area contributed by atoms with Crippen molar-refractivity contribution in [3.8, 4) is 0 Å². The van der Waals surface area contributed by atoms with E-state index in [-0.39, 0.29) is 18.8 Å². The van der Waals surface area contributed by atoms with Gasteiger partial charge in [0.25, 0.3) is 5.91 Å². The Morgan fingerprint density at radius 1 is 1.23 bits per heavy atom. The quantitative estimate of drug-likeness (QED) is 0.393. The fourth-order valence-corrected chi connectivity index (χ4v) is 3.98. The summed E-state index contributed by atoms with van der Waals surface area (Å²) in [5.74, 6) is -0.940. The number of likely N-dealkylation sites (N-methyl/N-ethyl adjacent to an activating group) is 1. The highest BCUT2D eigenvalue weighted by Crippen LogP contribution is 2.38. The summed E-state index contributed by atoms with van der Waals surface area (Å²) < 4.78 is 17.6. The third-order valence-corrected chi connectivity index (χ3v) is 5.71. The van der Waals surface area contributed by atoms with E-state index in [4.69, 9.17) is 14.2 Å². The number of rotatable bonds is 10. The van der Waals surface area contributed by atoms with Crippen LogP contribution in [0.1, 0.15) is 49.4 Å². The standard InChI is InChI=1S/C27H34N2O6/c1-5-13-29(4)16-24-15-25(21-11-9-20(17-30)10-12-21)35-27(34-24)22-7-6-8-23(14-22)28-26(32)18(2)33-19(3)31/h5-12,14,18,24-25,27,30H,1,13,15-17H2,2-4H3,(H,28,32)/t18-,24+,25-,27-/m0/s1. The van der Waals surface area contributed by atoms with Crippen LogP contribution in [0.3, 0.4) is 0 Å². The molecule has 1 aliphatic heterocycles. The predicted molar refractivity (Wildman–Crippen MR) is 132 cm³/mol. The molecule has 3 rings (SSSR count). The fraction of sp³-hybridized carbons (Fsp3) is 0.407. The zero-order valence-corrected chi connectivity index (χ0v) is 20.5. The smallest absolute Gasteiger partial charge is 0.303 e. The molecule has 35 heavy (non-hydrogen) atoms. The van der Waals surface area contributed by atoms with Crippen LogP contribution in [-0.2, 0) is 30.4 Å². The Labute approximate surface area is 206 Å². The molecule has 0 radical (unpaired) electrons. The van der Waals surface area contributed by atoms with Crippen molar-refractivity contribution in [3.05, 3.63) is 77.9 Å². The average Bonchev–Trinajstić information content (AvgIpc) is 2.83. The van der Waals surface area contributed by atoms with Gasteiger partial charge in [-0.25, -0.2) is 0 Å². The first-order valence-corrected chi connectivity index (χ1v) is 11.7. The molecule has 0 aromatic heterocycles.